The first-order valence-corrected chi connectivity index (χ1v) is 10.6. The van der Waals surface area contributed by atoms with Crippen LogP contribution in [0.3, 0.4) is 0 Å². The van der Waals surface area contributed by atoms with E-state index < -0.39 is 0 Å². The minimum Gasteiger partial charge on any atom is -0.175 e. The van der Waals surface area contributed by atoms with Crippen LogP contribution in [0.15, 0.2) is 0 Å². The van der Waals surface area contributed by atoms with Crippen molar-refractivity contribution >= 4 is 46.8 Å². The molecule has 0 amide bonds. The summed E-state index contributed by atoms with van der Waals surface area (Å²) in [5.74, 6) is 1.55. The van der Waals surface area contributed by atoms with E-state index in [1.54, 1.807) is 0 Å². The third kappa shape index (κ3) is 2.45. The molecule has 3 aromatic carbocycles. The van der Waals surface area contributed by atoms with Gasteiger partial charge in [-0.15, -0.1) is 0 Å². The molecule has 3 aromatic rings. The number of rotatable bonds is 2. The fraction of sp³-hybridized carbons (Fsp3) is 0.417. The number of hydrogen-bond donors (Lipinski definition) is 2. The predicted octanol–water partition coefficient (Wildman–Crippen LogP) is 7.32. The summed E-state index contributed by atoms with van der Waals surface area (Å²) in [6.07, 6.45) is 0. The average Bonchev–Trinajstić information content (AvgIpc) is 2.62. The Kier molecular flexibility index (Phi) is 5.13. The molecule has 0 atom stereocenters. The number of hydrogen-bond acceptors (Lipinski definition) is 2. The van der Waals surface area contributed by atoms with Gasteiger partial charge in [0.15, 0.2) is 0 Å². The van der Waals surface area contributed by atoms with Gasteiger partial charge in [-0.3, -0.25) is 0 Å². The van der Waals surface area contributed by atoms with Gasteiger partial charge in [0, 0.05) is 11.5 Å². The first kappa shape index (κ1) is 19.6. The standard InChI is InChI=1S/C24H30S2/c1-11-13(3)19(9-25)23-18(8)22-16(6)12(2)14(4)20(10-26)24(22)17(7)21(23)15(11)5/h25-26H,9-10H2,1-8H3. The van der Waals surface area contributed by atoms with Gasteiger partial charge < -0.3 is 0 Å². The molecule has 0 saturated carbocycles. The molecule has 138 valence electrons. The lowest BCUT2D eigenvalue weighted by Crippen LogP contribution is -2.04. The van der Waals surface area contributed by atoms with Gasteiger partial charge in [0.1, 0.15) is 0 Å². The van der Waals surface area contributed by atoms with Crippen molar-refractivity contribution in [1.82, 2.24) is 0 Å². The topological polar surface area (TPSA) is 0 Å². The molecule has 2 heteroatoms. The van der Waals surface area contributed by atoms with Crippen molar-refractivity contribution in [2.75, 3.05) is 0 Å². The van der Waals surface area contributed by atoms with E-state index >= 15 is 0 Å². The molecule has 0 aliphatic carbocycles. The van der Waals surface area contributed by atoms with E-state index in [0.717, 1.165) is 11.5 Å². The zero-order valence-electron chi connectivity index (χ0n) is 17.3. The van der Waals surface area contributed by atoms with Gasteiger partial charge in [0.25, 0.3) is 0 Å². The lowest BCUT2D eigenvalue weighted by atomic mass is 9.80. The maximum atomic E-state index is 4.70. The largest absolute Gasteiger partial charge is 0.175 e. The molecule has 26 heavy (non-hydrogen) atoms. The van der Waals surface area contributed by atoms with Crippen LogP contribution in [-0.4, -0.2) is 0 Å². The fourth-order valence-corrected chi connectivity index (χ4v) is 5.64. The van der Waals surface area contributed by atoms with E-state index in [4.69, 9.17) is 25.3 Å². The van der Waals surface area contributed by atoms with Gasteiger partial charge in [-0.1, -0.05) is 0 Å². The van der Waals surface area contributed by atoms with Crippen LogP contribution in [0.5, 0.6) is 0 Å². The van der Waals surface area contributed by atoms with E-state index in [0.29, 0.717) is 0 Å². The highest BCUT2D eigenvalue weighted by Gasteiger charge is 2.21. The molecule has 0 radical (unpaired) electrons. The Morgan fingerprint density at radius 2 is 0.692 bits per heavy atom. The molecule has 0 aromatic heterocycles. The molecule has 0 N–H and O–H groups in total. The number of aryl methyl sites for hydroxylation is 4. The summed E-state index contributed by atoms with van der Waals surface area (Å²) in [7, 11) is 0. The highest BCUT2D eigenvalue weighted by Crippen LogP contribution is 2.43. The molecule has 0 fully saturated rings. The Balaban J connectivity index is 2.81. The van der Waals surface area contributed by atoms with Crippen molar-refractivity contribution < 1.29 is 0 Å². The summed E-state index contributed by atoms with van der Waals surface area (Å²) >= 11 is 9.40. The van der Waals surface area contributed by atoms with Crippen molar-refractivity contribution in [1.29, 1.82) is 0 Å². The summed E-state index contributed by atoms with van der Waals surface area (Å²) in [6.45, 7) is 18.2. The summed E-state index contributed by atoms with van der Waals surface area (Å²) in [5, 5.41) is 5.69. The van der Waals surface area contributed by atoms with E-state index in [1.807, 2.05) is 0 Å². The van der Waals surface area contributed by atoms with Crippen LogP contribution >= 0.6 is 25.3 Å². The third-order valence-corrected chi connectivity index (χ3v) is 7.46. The monoisotopic (exact) mass is 382 g/mol. The fourth-order valence-electron chi connectivity index (χ4n) is 4.85. The number of thiol groups is 2. The van der Waals surface area contributed by atoms with Gasteiger partial charge in [0.05, 0.1) is 0 Å². The van der Waals surface area contributed by atoms with Crippen LogP contribution in [0.4, 0.5) is 0 Å². The van der Waals surface area contributed by atoms with Crippen LogP contribution < -0.4 is 0 Å². The van der Waals surface area contributed by atoms with E-state index in [-0.39, 0.29) is 0 Å². The van der Waals surface area contributed by atoms with Crippen molar-refractivity contribution in [3.63, 3.8) is 0 Å². The van der Waals surface area contributed by atoms with E-state index in [1.165, 1.54) is 77.2 Å². The second-order valence-corrected chi connectivity index (χ2v) is 8.41. The molecule has 0 heterocycles. The minimum atomic E-state index is 0.776. The normalized spacial score (nSPS) is 11.8. The maximum absolute atomic E-state index is 4.70. The van der Waals surface area contributed by atoms with Crippen molar-refractivity contribution in [3.8, 4) is 0 Å². The molecule has 0 saturated heterocycles. The first-order chi connectivity index (χ1) is 12.2. The third-order valence-electron chi connectivity index (χ3n) is 6.83. The molecule has 0 spiro atoms. The minimum absolute atomic E-state index is 0.776. The smallest absolute Gasteiger partial charge is 0.0163 e. The van der Waals surface area contributed by atoms with Crippen LogP contribution in [0.25, 0.3) is 21.5 Å². The Morgan fingerprint density at radius 1 is 0.385 bits per heavy atom. The molecule has 0 bridgehead atoms. The lowest BCUT2D eigenvalue weighted by molar-refractivity contribution is 1.21. The van der Waals surface area contributed by atoms with E-state index in [9.17, 15) is 0 Å². The van der Waals surface area contributed by atoms with Gasteiger partial charge in [-0.05, 0) is 133 Å². The van der Waals surface area contributed by atoms with Crippen LogP contribution in [0.1, 0.15) is 55.6 Å². The molecule has 0 aliphatic heterocycles. The summed E-state index contributed by atoms with van der Waals surface area (Å²) < 4.78 is 0. The molecule has 0 aliphatic rings. The maximum Gasteiger partial charge on any atom is 0.0163 e. The Bertz CT molecular complexity index is 985. The summed E-state index contributed by atoms with van der Waals surface area (Å²) in [5.41, 5.74) is 14.0. The first-order valence-electron chi connectivity index (χ1n) is 9.34. The molecular formula is C24H30S2. The highest BCUT2D eigenvalue weighted by molar-refractivity contribution is 7.79. The number of fused-ring (bicyclic) bond motifs is 2. The Hall–Kier alpha value is -1.12. The Morgan fingerprint density at radius 3 is 0.962 bits per heavy atom. The molecule has 0 unspecified atom stereocenters. The van der Waals surface area contributed by atoms with Gasteiger partial charge in [0.2, 0.25) is 0 Å². The SMILES string of the molecule is Cc1c(C)c(CS)c2c(C)c3c(C)c(C)c(C)c(CS)c3c(C)c2c1C. The Labute approximate surface area is 169 Å². The van der Waals surface area contributed by atoms with Crippen molar-refractivity contribution in [2.45, 2.75) is 66.9 Å². The van der Waals surface area contributed by atoms with Crippen LogP contribution in [0.2, 0.25) is 0 Å². The number of benzene rings is 3. The molecule has 0 nitrogen and oxygen atoms in total. The zero-order valence-corrected chi connectivity index (χ0v) is 19.1. The van der Waals surface area contributed by atoms with Crippen LogP contribution in [-0.2, 0) is 11.5 Å². The quantitative estimate of drug-likeness (QED) is 0.337. The zero-order chi connectivity index (χ0) is 19.5. The van der Waals surface area contributed by atoms with E-state index in [2.05, 4.69) is 55.4 Å². The van der Waals surface area contributed by atoms with Crippen molar-refractivity contribution in [3.05, 3.63) is 55.6 Å². The highest BCUT2D eigenvalue weighted by atomic mass is 32.1. The second kappa shape index (κ2) is 6.80. The molecular weight excluding hydrogens is 352 g/mol. The van der Waals surface area contributed by atoms with Crippen LogP contribution in [0, 0.1) is 55.4 Å². The second-order valence-electron chi connectivity index (χ2n) is 7.77. The predicted molar refractivity (Wildman–Crippen MR) is 125 cm³/mol. The van der Waals surface area contributed by atoms with Gasteiger partial charge in [-0.2, -0.15) is 25.3 Å². The summed E-state index contributed by atoms with van der Waals surface area (Å²) in [6, 6.07) is 0. The van der Waals surface area contributed by atoms with Gasteiger partial charge in [-0.25, -0.2) is 0 Å². The molecule has 3 rings (SSSR count). The van der Waals surface area contributed by atoms with Crippen molar-refractivity contribution in [2.24, 2.45) is 0 Å². The van der Waals surface area contributed by atoms with Gasteiger partial charge >= 0.3 is 0 Å². The lowest BCUT2D eigenvalue weighted by Gasteiger charge is -2.25. The summed E-state index contributed by atoms with van der Waals surface area (Å²) in [4.78, 5) is 0. The average molecular weight is 383 g/mol.